The molecule has 1 N–H and O–H groups in total. The highest BCUT2D eigenvalue weighted by molar-refractivity contribution is 6.30. The quantitative estimate of drug-likeness (QED) is 0.819. The summed E-state index contributed by atoms with van der Waals surface area (Å²) >= 11 is 10.8. The number of nitrogens with one attached hydrogen (secondary N) is 1. The average molecular weight is 293 g/mol. The molecule has 0 saturated heterocycles. The lowest BCUT2D eigenvalue weighted by Crippen LogP contribution is -2.35. The molecule has 94 valence electrons. The van der Waals surface area contributed by atoms with Crippen molar-refractivity contribution in [2.75, 3.05) is 0 Å². The van der Waals surface area contributed by atoms with E-state index < -0.39 is 28.0 Å². The fourth-order valence-electron chi connectivity index (χ4n) is 1.35. The maximum absolute atomic E-state index is 13.3. The molecule has 0 amide bonds. The van der Waals surface area contributed by atoms with Gasteiger partial charge >= 0.3 is 5.69 Å². The van der Waals surface area contributed by atoms with Crippen LogP contribution in [-0.2, 0) is 0 Å². The molecule has 18 heavy (non-hydrogen) atoms. The van der Waals surface area contributed by atoms with E-state index in [0.717, 1.165) is 12.1 Å². The Balaban J connectivity index is 2.80. The summed E-state index contributed by atoms with van der Waals surface area (Å²) in [6.07, 6.45) is 0. The highest BCUT2D eigenvalue weighted by atomic mass is 35.5. The van der Waals surface area contributed by atoms with Crippen LogP contribution in [0.25, 0.3) is 5.69 Å². The Kier molecular flexibility index (Phi) is 3.23. The molecular weight excluding hydrogens is 289 g/mol. The standard InChI is InChI=1S/C10H4Cl2F2N2O2/c11-5-2-1-4(3-6(5)13)16-9(17)7(14)8(12)15-10(16)18/h1-3H,(H,15,18). The second-order valence-electron chi connectivity index (χ2n) is 3.30. The minimum absolute atomic E-state index is 0.154. The number of hydrogen-bond acceptors (Lipinski definition) is 2. The molecule has 0 bridgehead atoms. The Bertz CT molecular complexity index is 740. The van der Waals surface area contributed by atoms with Crippen molar-refractivity contribution in [3.63, 3.8) is 0 Å². The topological polar surface area (TPSA) is 54.9 Å². The van der Waals surface area contributed by atoms with Crippen LogP contribution in [0.5, 0.6) is 0 Å². The largest absolute Gasteiger partial charge is 0.334 e. The van der Waals surface area contributed by atoms with Crippen LogP contribution in [0.3, 0.4) is 0 Å². The minimum atomic E-state index is -1.33. The molecule has 0 aliphatic carbocycles. The molecule has 0 aliphatic heterocycles. The first kappa shape index (κ1) is 12.8. The van der Waals surface area contributed by atoms with Gasteiger partial charge in [-0.05, 0) is 18.2 Å². The van der Waals surface area contributed by atoms with E-state index in [1.165, 1.54) is 6.07 Å². The third-order valence-corrected chi connectivity index (χ3v) is 2.73. The summed E-state index contributed by atoms with van der Waals surface area (Å²) in [5.41, 5.74) is -2.41. The summed E-state index contributed by atoms with van der Waals surface area (Å²) in [7, 11) is 0. The maximum Gasteiger partial charge on any atom is 0.334 e. The van der Waals surface area contributed by atoms with Gasteiger partial charge in [-0.15, -0.1) is 0 Å². The van der Waals surface area contributed by atoms with Crippen LogP contribution in [0.1, 0.15) is 0 Å². The van der Waals surface area contributed by atoms with E-state index >= 15 is 0 Å². The second-order valence-corrected chi connectivity index (χ2v) is 4.08. The Morgan fingerprint density at radius 2 is 1.83 bits per heavy atom. The molecule has 0 unspecified atom stereocenters. The molecule has 2 aromatic rings. The van der Waals surface area contributed by atoms with E-state index in [-0.39, 0.29) is 10.7 Å². The van der Waals surface area contributed by atoms with Gasteiger partial charge in [0.25, 0.3) is 5.56 Å². The Labute approximate surface area is 108 Å². The minimum Gasteiger partial charge on any atom is -0.295 e. The molecule has 8 heteroatoms. The molecule has 2 rings (SSSR count). The van der Waals surface area contributed by atoms with Crippen molar-refractivity contribution in [2.45, 2.75) is 0 Å². The van der Waals surface area contributed by atoms with Gasteiger partial charge in [0.2, 0.25) is 5.82 Å². The summed E-state index contributed by atoms with van der Waals surface area (Å²) < 4.78 is 26.9. The Morgan fingerprint density at radius 3 is 2.44 bits per heavy atom. The van der Waals surface area contributed by atoms with Gasteiger partial charge < -0.3 is 0 Å². The third-order valence-electron chi connectivity index (χ3n) is 2.16. The van der Waals surface area contributed by atoms with Crippen LogP contribution in [0.4, 0.5) is 8.78 Å². The Morgan fingerprint density at radius 1 is 1.17 bits per heavy atom. The molecule has 0 aliphatic rings. The lowest BCUT2D eigenvalue weighted by atomic mass is 10.3. The van der Waals surface area contributed by atoms with Gasteiger partial charge in [-0.2, -0.15) is 4.39 Å². The number of benzene rings is 1. The molecular formula is C10H4Cl2F2N2O2. The first-order valence-electron chi connectivity index (χ1n) is 4.57. The normalized spacial score (nSPS) is 10.7. The van der Waals surface area contributed by atoms with Gasteiger partial charge in [-0.25, -0.2) is 13.8 Å². The predicted octanol–water partition coefficient (Wildman–Crippen LogP) is 2.11. The van der Waals surface area contributed by atoms with Crippen LogP contribution in [0, 0.1) is 11.6 Å². The van der Waals surface area contributed by atoms with Crippen molar-refractivity contribution >= 4 is 23.2 Å². The van der Waals surface area contributed by atoms with Gasteiger partial charge in [0, 0.05) is 0 Å². The number of halogens is 4. The molecule has 0 radical (unpaired) electrons. The molecule has 0 saturated carbocycles. The van der Waals surface area contributed by atoms with Gasteiger partial charge in [-0.3, -0.25) is 9.78 Å². The van der Waals surface area contributed by atoms with E-state index in [1.54, 1.807) is 0 Å². The predicted molar refractivity (Wildman–Crippen MR) is 62.6 cm³/mol. The lowest BCUT2D eigenvalue weighted by Gasteiger charge is -2.05. The van der Waals surface area contributed by atoms with Crippen molar-refractivity contribution < 1.29 is 8.78 Å². The van der Waals surface area contributed by atoms with Crippen LogP contribution in [0.2, 0.25) is 10.2 Å². The van der Waals surface area contributed by atoms with Gasteiger partial charge in [0.05, 0.1) is 10.7 Å². The zero-order valence-corrected chi connectivity index (χ0v) is 10.0. The van der Waals surface area contributed by atoms with Crippen molar-refractivity contribution in [3.8, 4) is 5.69 Å². The summed E-state index contributed by atoms with van der Waals surface area (Å²) in [4.78, 5) is 25.0. The zero-order valence-electron chi connectivity index (χ0n) is 8.51. The highest BCUT2D eigenvalue weighted by Crippen LogP contribution is 2.16. The van der Waals surface area contributed by atoms with Gasteiger partial charge in [0.1, 0.15) is 5.82 Å². The summed E-state index contributed by atoms with van der Waals surface area (Å²) in [5, 5.41) is -0.881. The fourth-order valence-corrected chi connectivity index (χ4v) is 1.63. The van der Waals surface area contributed by atoms with Crippen molar-refractivity contribution in [1.82, 2.24) is 9.55 Å². The maximum atomic E-state index is 13.3. The van der Waals surface area contributed by atoms with Crippen LogP contribution >= 0.6 is 23.2 Å². The lowest BCUT2D eigenvalue weighted by molar-refractivity contribution is 0.582. The summed E-state index contributed by atoms with van der Waals surface area (Å²) in [6, 6.07) is 3.19. The SMILES string of the molecule is O=c1[nH]c(Cl)c(F)c(=O)n1-c1ccc(Cl)c(F)c1. The van der Waals surface area contributed by atoms with Gasteiger partial charge in [0.15, 0.2) is 5.15 Å². The summed E-state index contributed by atoms with van der Waals surface area (Å²) in [5.74, 6) is -2.16. The number of nitrogens with zero attached hydrogens (tertiary/aromatic N) is 1. The molecule has 1 heterocycles. The van der Waals surface area contributed by atoms with E-state index in [9.17, 15) is 18.4 Å². The van der Waals surface area contributed by atoms with Crippen LogP contribution in [0.15, 0.2) is 27.8 Å². The molecule has 0 spiro atoms. The summed E-state index contributed by atoms with van der Waals surface area (Å²) in [6.45, 7) is 0. The van der Waals surface area contributed by atoms with Crippen molar-refractivity contribution in [2.24, 2.45) is 0 Å². The molecule has 1 aromatic carbocycles. The molecule has 0 atom stereocenters. The van der Waals surface area contributed by atoms with Gasteiger partial charge in [-0.1, -0.05) is 23.2 Å². The number of aromatic nitrogens is 2. The smallest absolute Gasteiger partial charge is 0.295 e. The second kappa shape index (κ2) is 4.55. The Hall–Kier alpha value is -1.66. The van der Waals surface area contributed by atoms with Crippen LogP contribution < -0.4 is 11.2 Å². The molecule has 1 aromatic heterocycles. The zero-order chi connectivity index (χ0) is 13.4. The van der Waals surface area contributed by atoms with Crippen LogP contribution in [-0.4, -0.2) is 9.55 Å². The average Bonchev–Trinajstić information content (AvgIpc) is 2.31. The number of rotatable bonds is 1. The first-order valence-corrected chi connectivity index (χ1v) is 5.33. The third kappa shape index (κ3) is 2.04. The van der Waals surface area contributed by atoms with E-state index in [1.807, 2.05) is 4.98 Å². The van der Waals surface area contributed by atoms with Crippen molar-refractivity contribution in [3.05, 3.63) is 60.8 Å². The van der Waals surface area contributed by atoms with E-state index in [0.29, 0.717) is 4.57 Å². The highest BCUT2D eigenvalue weighted by Gasteiger charge is 2.14. The van der Waals surface area contributed by atoms with E-state index in [2.05, 4.69) is 0 Å². The van der Waals surface area contributed by atoms with Crippen molar-refractivity contribution in [1.29, 1.82) is 0 Å². The monoisotopic (exact) mass is 292 g/mol. The molecule has 4 nitrogen and oxygen atoms in total. The first-order chi connectivity index (χ1) is 8.41. The molecule has 0 fully saturated rings. The fraction of sp³-hybridized carbons (Fsp3) is 0. The number of hydrogen-bond donors (Lipinski definition) is 1. The van der Waals surface area contributed by atoms with E-state index in [4.69, 9.17) is 23.2 Å². The number of aromatic amines is 1. The number of H-pyrrole nitrogens is 1.